The lowest BCUT2D eigenvalue weighted by Gasteiger charge is -2.45. The molecular weight excluding hydrogens is 422 g/mol. The van der Waals surface area contributed by atoms with E-state index < -0.39 is 5.41 Å². The fourth-order valence-electron chi connectivity index (χ4n) is 6.15. The summed E-state index contributed by atoms with van der Waals surface area (Å²) in [5, 5.41) is 19.6. The molecule has 1 saturated heterocycles. The minimum Gasteiger partial charge on any atom is -0.494 e. The number of ether oxygens (including phenoxy) is 2. The number of benzene rings is 2. The van der Waals surface area contributed by atoms with Crippen molar-refractivity contribution in [2.75, 3.05) is 33.4 Å². The first kappa shape index (κ1) is 24.3. The van der Waals surface area contributed by atoms with Crippen LogP contribution in [0.1, 0.15) is 49.7 Å². The molecule has 4 rings (SSSR count). The molecular formula is C29H35N3O2. The maximum atomic E-state index is 10.7. The number of hydrogen-bond donors (Lipinski definition) is 0. The number of piperidine rings is 1. The lowest BCUT2D eigenvalue weighted by atomic mass is 9.59. The van der Waals surface area contributed by atoms with Gasteiger partial charge in [0.05, 0.1) is 35.8 Å². The van der Waals surface area contributed by atoms with E-state index in [1.807, 2.05) is 18.2 Å². The third-order valence-corrected chi connectivity index (χ3v) is 7.88. The van der Waals surface area contributed by atoms with Crippen molar-refractivity contribution in [3.8, 4) is 17.9 Å². The third-order valence-electron chi connectivity index (χ3n) is 7.88. The molecule has 0 aromatic heterocycles. The Balaban J connectivity index is 1.35. The van der Waals surface area contributed by atoms with Crippen LogP contribution in [0.3, 0.4) is 0 Å². The van der Waals surface area contributed by atoms with Gasteiger partial charge < -0.3 is 14.4 Å². The zero-order valence-electron chi connectivity index (χ0n) is 20.2. The molecule has 0 spiro atoms. The smallest absolute Gasteiger partial charge is 0.119 e. The van der Waals surface area contributed by atoms with Gasteiger partial charge in [0.1, 0.15) is 5.75 Å². The second-order valence-electron chi connectivity index (χ2n) is 9.61. The van der Waals surface area contributed by atoms with E-state index in [4.69, 9.17) is 14.7 Å². The van der Waals surface area contributed by atoms with E-state index >= 15 is 0 Å². The Hall–Kier alpha value is -2.86. The van der Waals surface area contributed by atoms with Crippen LogP contribution in [0.15, 0.2) is 54.6 Å². The summed E-state index contributed by atoms with van der Waals surface area (Å²) in [7, 11) is 1.80. The fourth-order valence-corrected chi connectivity index (χ4v) is 6.15. The van der Waals surface area contributed by atoms with Crippen LogP contribution < -0.4 is 4.74 Å². The van der Waals surface area contributed by atoms with Gasteiger partial charge in [-0.1, -0.05) is 36.8 Å². The van der Waals surface area contributed by atoms with Crippen molar-refractivity contribution >= 4 is 0 Å². The molecule has 0 bridgehead atoms. The van der Waals surface area contributed by atoms with Gasteiger partial charge in [-0.15, -0.1) is 0 Å². The van der Waals surface area contributed by atoms with Crippen molar-refractivity contribution in [1.82, 2.24) is 4.90 Å². The van der Waals surface area contributed by atoms with Crippen LogP contribution in [0.5, 0.6) is 5.75 Å². The van der Waals surface area contributed by atoms with Crippen LogP contribution in [0.4, 0.5) is 0 Å². The predicted molar refractivity (Wildman–Crippen MR) is 132 cm³/mol. The molecule has 2 aromatic carbocycles. The summed E-state index contributed by atoms with van der Waals surface area (Å²) in [6.07, 6.45) is 6.44. The zero-order valence-corrected chi connectivity index (χ0v) is 20.2. The number of hydrogen-bond acceptors (Lipinski definition) is 5. The van der Waals surface area contributed by atoms with Gasteiger partial charge in [0, 0.05) is 19.6 Å². The van der Waals surface area contributed by atoms with Gasteiger partial charge in [-0.25, -0.2) is 0 Å². The van der Waals surface area contributed by atoms with E-state index in [-0.39, 0.29) is 12.0 Å². The topological polar surface area (TPSA) is 69.3 Å². The summed E-state index contributed by atoms with van der Waals surface area (Å²) < 4.78 is 11.7. The molecule has 0 amide bonds. The predicted octanol–water partition coefficient (Wildman–Crippen LogP) is 5.32. The van der Waals surface area contributed by atoms with Crippen LogP contribution in [-0.2, 0) is 10.2 Å². The molecule has 1 saturated carbocycles. The van der Waals surface area contributed by atoms with Gasteiger partial charge in [-0.05, 0) is 80.9 Å². The highest BCUT2D eigenvalue weighted by atomic mass is 16.5. The maximum absolute atomic E-state index is 10.7. The first-order valence-electron chi connectivity index (χ1n) is 12.6. The fraction of sp³-hybridized carbons (Fsp3) is 0.517. The molecule has 178 valence electrons. The SMILES string of the molecule is CO[C@@H]1CCC[C@@H]1C(C#N)(c1ccccc1)C1CCN(CCCOc2ccc(C#N)cc2)CC1. The van der Waals surface area contributed by atoms with E-state index in [1.54, 1.807) is 19.2 Å². The number of likely N-dealkylation sites (tertiary alicyclic amines) is 1. The van der Waals surface area contributed by atoms with Gasteiger partial charge >= 0.3 is 0 Å². The minimum atomic E-state index is -0.483. The highest BCUT2D eigenvalue weighted by molar-refractivity contribution is 5.37. The molecule has 1 aliphatic heterocycles. The van der Waals surface area contributed by atoms with Crippen LogP contribution in [0, 0.1) is 34.5 Å². The molecule has 0 N–H and O–H groups in total. The molecule has 2 aliphatic rings. The summed E-state index contributed by atoms with van der Waals surface area (Å²) in [4.78, 5) is 2.51. The first-order chi connectivity index (χ1) is 16.7. The Labute approximate surface area is 203 Å². The average molecular weight is 458 g/mol. The van der Waals surface area contributed by atoms with Crippen molar-refractivity contribution in [3.63, 3.8) is 0 Å². The van der Waals surface area contributed by atoms with Crippen molar-refractivity contribution < 1.29 is 9.47 Å². The molecule has 0 radical (unpaired) electrons. The highest BCUT2D eigenvalue weighted by Crippen LogP contribution is 2.50. The average Bonchev–Trinajstić information content (AvgIpc) is 3.38. The lowest BCUT2D eigenvalue weighted by Crippen LogP contribution is -2.49. The quantitative estimate of drug-likeness (QED) is 0.477. The monoisotopic (exact) mass is 457 g/mol. The van der Waals surface area contributed by atoms with Crippen LogP contribution in [0.25, 0.3) is 0 Å². The number of nitrogens with zero attached hydrogens (tertiary/aromatic N) is 3. The molecule has 5 nitrogen and oxygen atoms in total. The first-order valence-corrected chi connectivity index (χ1v) is 12.6. The molecule has 3 atom stereocenters. The van der Waals surface area contributed by atoms with Crippen LogP contribution >= 0.6 is 0 Å². The normalized spacial score (nSPS) is 23.0. The van der Waals surface area contributed by atoms with E-state index in [1.165, 1.54) is 5.56 Å². The van der Waals surface area contributed by atoms with Gasteiger partial charge in [0.15, 0.2) is 0 Å². The van der Waals surface area contributed by atoms with Gasteiger partial charge in [0.25, 0.3) is 0 Å². The van der Waals surface area contributed by atoms with Crippen molar-refractivity contribution in [2.24, 2.45) is 11.8 Å². The van der Waals surface area contributed by atoms with E-state index in [2.05, 4.69) is 41.3 Å². The molecule has 1 unspecified atom stereocenters. The largest absolute Gasteiger partial charge is 0.494 e. The van der Waals surface area contributed by atoms with Gasteiger partial charge in [-0.2, -0.15) is 10.5 Å². The third kappa shape index (κ3) is 5.12. The van der Waals surface area contributed by atoms with Gasteiger partial charge in [0.2, 0.25) is 0 Å². The second kappa shape index (κ2) is 11.5. The van der Waals surface area contributed by atoms with Crippen LogP contribution in [-0.4, -0.2) is 44.4 Å². The molecule has 2 aromatic rings. The van der Waals surface area contributed by atoms with E-state index in [9.17, 15) is 5.26 Å². The summed E-state index contributed by atoms with van der Waals surface area (Å²) in [6.45, 7) is 3.69. The zero-order chi connectivity index (χ0) is 23.8. The Morgan fingerprint density at radius 2 is 1.71 bits per heavy atom. The lowest BCUT2D eigenvalue weighted by molar-refractivity contribution is 0.0205. The standard InChI is InChI=1S/C29H35N3O2/c1-33-28-10-5-9-27(28)29(22-31,24-7-3-2-4-8-24)25-15-18-32(19-16-25)17-6-20-34-26-13-11-23(21-30)12-14-26/h2-4,7-8,11-14,25,27-28H,5-6,9-10,15-20H2,1H3/t27-,28+,29?/m0/s1. The van der Waals surface area contributed by atoms with E-state index in [0.717, 1.165) is 63.9 Å². The summed E-state index contributed by atoms with van der Waals surface area (Å²) in [5.74, 6) is 1.40. The van der Waals surface area contributed by atoms with Gasteiger partial charge in [-0.3, -0.25) is 0 Å². The number of nitriles is 2. The molecule has 34 heavy (non-hydrogen) atoms. The van der Waals surface area contributed by atoms with Crippen molar-refractivity contribution in [3.05, 3.63) is 65.7 Å². The van der Waals surface area contributed by atoms with E-state index in [0.29, 0.717) is 18.1 Å². The minimum absolute atomic E-state index is 0.164. The number of methoxy groups -OCH3 is 1. The molecule has 1 heterocycles. The Morgan fingerprint density at radius 3 is 2.35 bits per heavy atom. The second-order valence-corrected chi connectivity index (χ2v) is 9.61. The molecule has 2 fully saturated rings. The Morgan fingerprint density at radius 1 is 0.971 bits per heavy atom. The van der Waals surface area contributed by atoms with Crippen LogP contribution in [0.2, 0.25) is 0 Å². The van der Waals surface area contributed by atoms with Crippen molar-refractivity contribution in [2.45, 2.75) is 50.0 Å². The Bertz CT molecular complexity index is 987. The Kier molecular flexibility index (Phi) is 8.22. The molecule has 1 aliphatic carbocycles. The number of rotatable bonds is 9. The summed E-state index contributed by atoms with van der Waals surface area (Å²) in [6, 6.07) is 22.8. The maximum Gasteiger partial charge on any atom is 0.119 e. The molecule has 5 heteroatoms. The summed E-state index contributed by atoms with van der Waals surface area (Å²) >= 11 is 0. The van der Waals surface area contributed by atoms with Crippen molar-refractivity contribution in [1.29, 1.82) is 10.5 Å². The summed E-state index contributed by atoms with van der Waals surface area (Å²) in [5.41, 5.74) is 1.33. The highest BCUT2D eigenvalue weighted by Gasteiger charge is 2.52.